The maximum Gasteiger partial charge on any atom is 0.225 e. The van der Waals surface area contributed by atoms with Crippen LogP contribution in [0.1, 0.15) is 19.3 Å². The smallest absolute Gasteiger partial charge is 0.225 e. The summed E-state index contributed by atoms with van der Waals surface area (Å²) >= 11 is 0. The van der Waals surface area contributed by atoms with Gasteiger partial charge in [0.15, 0.2) is 0 Å². The van der Waals surface area contributed by atoms with Crippen molar-refractivity contribution in [2.75, 3.05) is 26.2 Å². The van der Waals surface area contributed by atoms with Crippen LogP contribution in [0.3, 0.4) is 0 Å². The van der Waals surface area contributed by atoms with Crippen molar-refractivity contribution in [3.05, 3.63) is 0 Å². The molecule has 0 aromatic carbocycles. The van der Waals surface area contributed by atoms with Gasteiger partial charge in [-0.1, -0.05) is 0 Å². The fraction of sp³-hybridized carbons (Fsp3) is 0.900. The molecule has 2 N–H and O–H groups in total. The Morgan fingerprint density at radius 2 is 2.14 bits per heavy atom. The number of aliphatic hydroxyl groups is 1. The second-order valence-corrected chi connectivity index (χ2v) is 4.25. The lowest BCUT2D eigenvalue weighted by Gasteiger charge is -2.40. The monoisotopic (exact) mass is 198 g/mol. The second kappa shape index (κ2) is 4.28. The van der Waals surface area contributed by atoms with Crippen LogP contribution in [-0.4, -0.2) is 48.2 Å². The summed E-state index contributed by atoms with van der Waals surface area (Å²) in [5.41, 5.74) is 0. The lowest BCUT2D eigenvalue weighted by molar-refractivity contribution is -0.137. The topological polar surface area (TPSA) is 52.6 Å². The standard InChI is InChI=1S/C10H18N2O2/c13-5-1-4-11-9-6-12(7-9)10(14)8-2-3-8/h8-9,11,13H,1-7H2. The van der Waals surface area contributed by atoms with Crippen molar-refractivity contribution in [1.82, 2.24) is 10.2 Å². The van der Waals surface area contributed by atoms with Gasteiger partial charge in [-0.2, -0.15) is 0 Å². The summed E-state index contributed by atoms with van der Waals surface area (Å²) < 4.78 is 0. The molecule has 0 aromatic heterocycles. The van der Waals surface area contributed by atoms with Crippen molar-refractivity contribution in [1.29, 1.82) is 0 Å². The van der Waals surface area contributed by atoms with E-state index >= 15 is 0 Å². The Bertz CT molecular complexity index is 210. The van der Waals surface area contributed by atoms with Crippen molar-refractivity contribution in [3.8, 4) is 0 Å². The van der Waals surface area contributed by atoms with Crippen LogP contribution in [0, 0.1) is 5.92 Å². The number of likely N-dealkylation sites (tertiary alicyclic amines) is 1. The SMILES string of the molecule is O=C(C1CC1)N1CC(NCCCO)C1. The average molecular weight is 198 g/mol. The molecule has 1 heterocycles. The Labute approximate surface area is 84.3 Å². The van der Waals surface area contributed by atoms with E-state index in [2.05, 4.69) is 5.32 Å². The third-order valence-corrected chi connectivity index (χ3v) is 2.89. The van der Waals surface area contributed by atoms with Gasteiger partial charge in [0.25, 0.3) is 0 Å². The van der Waals surface area contributed by atoms with Crippen LogP contribution >= 0.6 is 0 Å². The normalized spacial score (nSPS) is 22.2. The van der Waals surface area contributed by atoms with E-state index < -0.39 is 0 Å². The van der Waals surface area contributed by atoms with E-state index in [4.69, 9.17) is 5.11 Å². The minimum Gasteiger partial charge on any atom is -0.396 e. The highest BCUT2D eigenvalue weighted by molar-refractivity contribution is 5.81. The zero-order valence-corrected chi connectivity index (χ0v) is 8.41. The van der Waals surface area contributed by atoms with Crippen LogP contribution in [0.15, 0.2) is 0 Å². The molecular weight excluding hydrogens is 180 g/mol. The van der Waals surface area contributed by atoms with E-state index in [9.17, 15) is 4.79 Å². The van der Waals surface area contributed by atoms with Crippen molar-refractivity contribution in [3.63, 3.8) is 0 Å². The maximum absolute atomic E-state index is 11.5. The molecule has 2 fully saturated rings. The highest BCUT2D eigenvalue weighted by Gasteiger charge is 2.38. The van der Waals surface area contributed by atoms with Gasteiger partial charge in [0, 0.05) is 31.7 Å². The fourth-order valence-electron chi connectivity index (χ4n) is 1.76. The lowest BCUT2D eigenvalue weighted by atomic mass is 10.1. The van der Waals surface area contributed by atoms with Crippen molar-refractivity contribution in [2.45, 2.75) is 25.3 Å². The van der Waals surface area contributed by atoms with Crippen LogP contribution in [0.5, 0.6) is 0 Å². The van der Waals surface area contributed by atoms with E-state index in [0.717, 1.165) is 38.9 Å². The predicted molar refractivity (Wildman–Crippen MR) is 52.8 cm³/mol. The number of hydrogen-bond donors (Lipinski definition) is 2. The highest BCUT2D eigenvalue weighted by Crippen LogP contribution is 2.32. The van der Waals surface area contributed by atoms with Gasteiger partial charge < -0.3 is 15.3 Å². The number of hydrogen-bond acceptors (Lipinski definition) is 3. The number of rotatable bonds is 5. The molecule has 0 aromatic rings. The van der Waals surface area contributed by atoms with Gasteiger partial charge in [0.05, 0.1) is 0 Å². The quantitative estimate of drug-likeness (QED) is 0.590. The third-order valence-electron chi connectivity index (χ3n) is 2.89. The number of carbonyl (C=O) groups excluding carboxylic acids is 1. The third kappa shape index (κ3) is 2.25. The first-order valence-corrected chi connectivity index (χ1v) is 5.44. The van der Waals surface area contributed by atoms with E-state index in [1.165, 1.54) is 0 Å². The summed E-state index contributed by atoms with van der Waals surface area (Å²) in [4.78, 5) is 13.5. The Morgan fingerprint density at radius 1 is 1.43 bits per heavy atom. The van der Waals surface area contributed by atoms with Gasteiger partial charge >= 0.3 is 0 Å². The molecule has 4 nitrogen and oxygen atoms in total. The Kier molecular flexibility index (Phi) is 3.03. The highest BCUT2D eigenvalue weighted by atomic mass is 16.3. The number of nitrogens with one attached hydrogen (secondary N) is 1. The zero-order chi connectivity index (χ0) is 9.97. The number of carbonyl (C=O) groups is 1. The summed E-state index contributed by atoms with van der Waals surface area (Å²) in [6.07, 6.45) is 2.99. The number of aliphatic hydroxyl groups excluding tert-OH is 1. The van der Waals surface area contributed by atoms with Gasteiger partial charge in [-0.25, -0.2) is 0 Å². The molecule has 4 heteroatoms. The molecule has 14 heavy (non-hydrogen) atoms. The molecule has 1 aliphatic carbocycles. The first kappa shape index (κ1) is 9.93. The van der Waals surface area contributed by atoms with Crippen molar-refractivity contribution >= 4 is 5.91 Å². The predicted octanol–water partition coefficient (Wildman–Crippen LogP) is -0.421. The number of amides is 1. The summed E-state index contributed by atoms with van der Waals surface area (Å²) in [7, 11) is 0. The summed E-state index contributed by atoms with van der Waals surface area (Å²) in [6.45, 7) is 2.82. The first-order valence-electron chi connectivity index (χ1n) is 5.44. The molecule has 1 saturated carbocycles. The molecule has 0 atom stereocenters. The second-order valence-electron chi connectivity index (χ2n) is 4.25. The van der Waals surface area contributed by atoms with Crippen LogP contribution in [-0.2, 0) is 4.79 Å². The van der Waals surface area contributed by atoms with Crippen LogP contribution in [0.2, 0.25) is 0 Å². The average Bonchev–Trinajstić information content (AvgIpc) is 2.90. The van der Waals surface area contributed by atoms with Gasteiger partial charge in [0.2, 0.25) is 5.91 Å². The Morgan fingerprint density at radius 3 is 2.71 bits per heavy atom. The molecule has 0 unspecified atom stereocenters. The first-order chi connectivity index (χ1) is 6.81. The molecule has 0 spiro atoms. The van der Waals surface area contributed by atoms with Crippen LogP contribution < -0.4 is 5.32 Å². The minimum atomic E-state index is 0.241. The molecule has 1 saturated heterocycles. The summed E-state index contributed by atoms with van der Waals surface area (Å²) in [5, 5.41) is 11.9. The Balaban J connectivity index is 1.57. The molecular formula is C10H18N2O2. The summed E-state index contributed by atoms with van der Waals surface area (Å²) in [6, 6.07) is 0.462. The maximum atomic E-state index is 11.5. The summed E-state index contributed by atoms with van der Waals surface area (Å²) in [5.74, 6) is 0.707. The molecule has 2 aliphatic rings. The van der Waals surface area contributed by atoms with Gasteiger partial charge in [0.1, 0.15) is 0 Å². The van der Waals surface area contributed by atoms with Gasteiger partial charge in [-0.15, -0.1) is 0 Å². The van der Waals surface area contributed by atoms with Crippen molar-refractivity contribution < 1.29 is 9.90 Å². The minimum absolute atomic E-state index is 0.241. The lowest BCUT2D eigenvalue weighted by Crippen LogP contribution is -2.60. The van der Waals surface area contributed by atoms with Crippen LogP contribution in [0.4, 0.5) is 0 Å². The van der Waals surface area contributed by atoms with Crippen molar-refractivity contribution in [2.24, 2.45) is 5.92 Å². The molecule has 1 amide bonds. The van der Waals surface area contributed by atoms with E-state index in [0.29, 0.717) is 17.9 Å². The zero-order valence-electron chi connectivity index (χ0n) is 8.41. The van der Waals surface area contributed by atoms with Gasteiger partial charge in [-0.3, -0.25) is 4.79 Å². The fourth-order valence-corrected chi connectivity index (χ4v) is 1.76. The molecule has 0 bridgehead atoms. The molecule has 0 radical (unpaired) electrons. The largest absolute Gasteiger partial charge is 0.396 e. The van der Waals surface area contributed by atoms with E-state index in [1.54, 1.807) is 0 Å². The van der Waals surface area contributed by atoms with E-state index in [-0.39, 0.29) is 6.61 Å². The van der Waals surface area contributed by atoms with E-state index in [1.807, 2.05) is 4.90 Å². The number of nitrogens with zero attached hydrogens (tertiary/aromatic N) is 1. The molecule has 2 rings (SSSR count). The molecule has 1 aliphatic heterocycles. The molecule has 80 valence electrons. The van der Waals surface area contributed by atoms with Gasteiger partial charge in [-0.05, 0) is 25.8 Å². The Hall–Kier alpha value is -0.610. The van der Waals surface area contributed by atoms with Crippen LogP contribution in [0.25, 0.3) is 0 Å².